The predicted octanol–water partition coefficient (Wildman–Crippen LogP) is 5.11. The molecule has 1 aromatic heterocycles. The van der Waals surface area contributed by atoms with Crippen molar-refractivity contribution < 1.29 is 0 Å². The lowest BCUT2D eigenvalue weighted by atomic mass is 10.0. The number of hydrazone groups is 1. The van der Waals surface area contributed by atoms with Gasteiger partial charge < -0.3 is 0 Å². The number of para-hydroxylation sites is 1. The Morgan fingerprint density at radius 3 is 2.52 bits per heavy atom. The fraction of sp³-hybridized carbons (Fsp3) is 0.200. The first-order valence-electron chi connectivity index (χ1n) is 7.89. The summed E-state index contributed by atoms with van der Waals surface area (Å²) in [4.78, 5) is 4.54. The average molecular weight is 303 g/mol. The molecule has 0 bridgehead atoms. The van der Waals surface area contributed by atoms with Crippen LogP contribution in [0, 0.1) is 6.92 Å². The Balaban J connectivity index is 1.80. The van der Waals surface area contributed by atoms with Crippen LogP contribution >= 0.6 is 0 Å². The Kier molecular flexibility index (Phi) is 4.38. The number of hydrogen-bond acceptors (Lipinski definition) is 3. The topological polar surface area (TPSA) is 37.3 Å². The van der Waals surface area contributed by atoms with E-state index in [0.29, 0.717) is 5.92 Å². The second-order valence-electron chi connectivity index (χ2n) is 6.02. The van der Waals surface area contributed by atoms with E-state index >= 15 is 0 Å². The van der Waals surface area contributed by atoms with Crippen molar-refractivity contribution in [2.24, 2.45) is 5.10 Å². The fourth-order valence-corrected chi connectivity index (χ4v) is 2.54. The van der Waals surface area contributed by atoms with Crippen LogP contribution in [0.2, 0.25) is 0 Å². The lowest BCUT2D eigenvalue weighted by Gasteiger charge is -2.07. The third-order valence-electron chi connectivity index (χ3n) is 3.85. The maximum absolute atomic E-state index is 4.54. The Morgan fingerprint density at radius 2 is 1.78 bits per heavy atom. The highest BCUT2D eigenvalue weighted by molar-refractivity contribution is 5.92. The van der Waals surface area contributed by atoms with E-state index in [9.17, 15) is 0 Å². The molecular weight excluding hydrogens is 282 g/mol. The molecular formula is C20H21N3. The van der Waals surface area contributed by atoms with Crippen LogP contribution in [0.5, 0.6) is 0 Å². The summed E-state index contributed by atoms with van der Waals surface area (Å²) in [5.74, 6) is 0.547. The van der Waals surface area contributed by atoms with Gasteiger partial charge in [0.05, 0.1) is 17.4 Å². The summed E-state index contributed by atoms with van der Waals surface area (Å²) in [7, 11) is 0. The zero-order chi connectivity index (χ0) is 16.2. The number of aryl methyl sites for hydroxylation is 1. The van der Waals surface area contributed by atoms with E-state index in [4.69, 9.17) is 0 Å². The second-order valence-corrected chi connectivity index (χ2v) is 6.02. The molecule has 0 spiro atoms. The first-order chi connectivity index (χ1) is 11.1. The van der Waals surface area contributed by atoms with E-state index in [1.165, 1.54) is 5.56 Å². The first kappa shape index (κ1) is 15.2. The van der Waals surface area contributed by atoms with Gasteiger partial charge in [0.2, 0.25) is 0 Å². The molecule has 0 saturated carbocycles. The van der Waals surface area contributed by atoms with Gasteiger partial charge in [-0.1, -0.05) is 56.3 Å². The van der Waals surface area contributed by atoms with Gasteiger partial charge in [-0.2, -0.15) is 5.10 Å². The summed E-state index contributed by atoms with van der Waals surface area (Å²) < 4.78 is 0. The molecule has 1 heterocycles. The first-order valence-corrected chi connectivity index (χ1v) is 7.89. The number of nitrogens with zero attached hydrogens (tertiary/aromatic N) is 2. The Labute approximate surface area is 137 Å². The Morgan fingerprint density at radius 1 is 1.04 bits per heavy atom. The van der Waals surface area contributed by atoms with Gasteiger partial charge in [-0.3, -0.25) is 10.4 Å². The number of rotatable bonds is 4. The van der Waals surface area contributed by atoms with Crippen molar-refractivity contribution in [2.45, 2.75) is 26.7 Å². The maximum Gasteiger partial charge on any atom is 0.0726 e. The number of nitrogens with one attached hydrogen (secondary N) is 1. The molecule has 23 heavy (non-hydrogen) atoms. The van der Waals surface area contributed by atoms with Crippen LogP contribution in [0.15, 0.2) is 59.7 Å². The third-order valence-corrected chi connectivity index (χ3v) is 3.85. The number of anilines is 1. The Bertz CT molecular complexity index is 833. The smallest absolute Gasteiger partial charge is 0.0726 e. The van der Waals surface area contributed by atoms with Crippen LogP contribution in [0.1, 0.15) is 36.6 Å². The van der Waals surface area contributed by atoms with Gasteiger partial charge in [0.15, 0.2) is 0 Å². The molecule has 1 N–H and O–H groups in total. The Hall–Kier alpha value is -2.68. The monoisotopic (exact) mass is 303 g/mol. The van der Waals surface area contributed by atoms with Crippen molar-refractivity contribution in [1.29, 1.82) is 0 Å². The van der Waals surface area contributed by atoms with Crippen molar-refractivity contribution in [2.75, 3.05) is 5.43 Å². The van der Waals surface area contributed by atoms with E-state index in [1.807, 2.05) is 37.4 Å². The van der Waals surface area contributed by atoms with Crippen LogP contribution in [0.25, 0.3) is 10.9 Å². The van der Waals surface area contributed by atoms with E-state index in [1.54, 1.807) is 0 Å². The molecule has 2 aromatic carbocycles. The molecule has 3 rings (SSSR count). The number of benzene rings is 2. The molecule has 0 amide bonds. The van der Waals surface area contributed by atoms with Gasteiger partial charge in [-0.05, 0) is 36.1 Å². The molecule has 0 aliphatic rings. The lowest BCUT2D eigenvalue weighted by Crippen LogP contribution is -1.95. The summed E-state index contributed by atoms with van der Waals surface area (Å²) in [5, 5.41) is 5.45. The zero-order valence-electron chi connectivity index (χ0n) is 13.7. The van der Waals surface area contributed by atoms with E-state index in [-0.39, 0.29) is 0 Å². The molecule has 0 aliphatic carbocycles. The van der Waals surface area contributed by atoms with Gasteiger partial charge in [0.1, 0.15) is 0 Å². The minimum Gasteiger partial charge on any atom is -0.278 e. The van der Waals surface area contributed by atoms with E-state index in [2.05, 4.69) is 59.7 Å². The second kappa shape index (κ2) is 6.61. The maximum atomic E-state index is 4.54. The fourth-order valence-electron chi connectivity index (χ4n) is 2.54. The standard InChI is InChI=1S/C20H21N3/c1-14(2)17-10-8-16(9-11-17)13-21-23-20-12-15(3)22-19-7-5-4-6-18(19)20/h4-14H,1-3H3,(H,22,23)/b21-13+. The minimum atomic E-state index is 0.547. The molecule has 0 fully saturated rings. The van der Waals surface area contributed by atoms with Crippen molar-refractivity contribution in [3.8, 4) is 0 Å². The molecule has 3 nitrogen and oxygen atoms in total. The highest BCUT2D eigenvalue weighted by Gasteiger charge is 2.02. The molecule has 0 unspecified atom stereocenters. The predicted molar refractivity (Wildman–Crippen MR) is 98.2 cm³/mol. The van der Waals surface area contributed by atoms with Gasteiger partial charge in [0, 0.05) is 11.1 Å². The van der Waals surface area contributed by atoms with Gasteiger partial charge in [-0.15, -0.1) is 0 Å². The lowest BCUT2D eigenvalue weighted by molar-refractivity contribution is 0.866. The van der Waals surface area contributed by atoms with Crippen molar-refractivity contribution in [3.05, 3.63) is 71.4 Å². The summed E-state index contributed by atoms with van der Waals surface area (Å²) in [6.07, 6.45) is 1.84. The summed E-state index contributed by atoms with van der Waals surface area (Å²) in [6.45, 7) is 6.38. The van der Waals surface area contributed by atoms with Crippen molar-refractivity contribution >= 4 is 22.8 Å². The molecule has 0 aliphatic heterocycles. The zero-order valence-corrected chi connectivity index (χ0v) is 13.7. The van der Waals surface area contributed by atoms with Crippen LogP contribution in [0.4, 0.5) is 5.69 Å². The molecule has 0 saturated heterocycles. The molecule has 0 atom stereocenters. The van der Waals surface area contributed by atoms with Gasteiger partial charge in [-0.25, -0.2) is 0 Å². The van der Waals surface area contributed by atoms with Crippen LogP contribution in [0.3, 0.4) is 0 Å². The minimum absolute atomic E-state index is 0.547. The normalized spacial score (nSPS) is 11.5. The van der Waals surface area contributed by atoms with Crippen molar-refractivity contribution in [3.63, 3.8) is 0 Å². The van der Waals surface area contributed by atoms with Crippen LogP contribution in [-0.4, -0.2) is 11.2 Å². The third kappa shape index (κ3) is 3.57. The number of fused-ring (bicyclic) bond motifs is 1. The quantitative estimate of drug-likeness (QED) is 0.537. The largest absolute Gasteiger partial charge is 0.278 e. The van der Waals surface area contributed by atoms with Crippen LogP contribution in [-0.2, 0) is 0 Å². The molecule has 3 heteroatoms. The molecule has 0 radical (unpaired) electrons. The number of hydrogen-bond donors (Lipinski definition) is 1. The SMILES string of the molecule is Cc1cc(N/N=C/c2ccc(C(C)C)cc2)c2ccccc2n1. The summed E-state index contributed by atoms with van der Waals surface area (Å²) in [5.41, 5.74) is 8.49. The van der Waals surface area contributed by atoms with Crippen LogP contribution < -0.4 is 5.43 Å². The number of pyridine rings is 1. The summed E-state index contributed by atoms with van der Waals surface area (Å²) >= 11 is 0. The highest BCUT2D eigenvalue weighted by atomic mass is 15.3. The summed E-state index contributed by atoms with van der Waals surface area (Å²) in [6, 6.07) is 18.6. The van der Waals surface area contributed by atoms with E-state index in [0.717, 1.165) is 27.8 Å². The average Bonchev–Trinajstić information content (AvgIpc) is 2.55. The molecule has 3 aromatic rings. The van der Waals surface area contributed by atoms with Gasteiger partial charge >= 0.3 is 0 Å². The molecule has 116 valence electrons. The number of aromatic nitrogens is 1. The van der Waals surface area contributed by atoms with E-state index < -0.39 is 0 Å². The highest BCUT2D eigenvalue weighted by Crippen LogP contribution is 2.22. The van der Waals surface area contributed by atoms with Gasteiger partial charge in [0.25, 0.3) is 0 Å². The van der Waals surface area contributed by atoms with Crippen molar-refractivity contribution in [1.82, 2.24) is 4.98 Å².